The molecule has 2 fully saturated rings. The normalized spacial score (nSPS) is 26.4. The Kier molecular flexibility index (Phi) is 6.15. The molecule has 1 aromatic carbocycles. The minimum Gasteiger partial charge on any atom is -0.493 e. The smallest absolute Gasteiger partial charge is 0.233 e. The summed E-state index contributed by atoms with van der Waals surface area (Å²) in [4.78, 5) is 31.2. The number of amides is 2. The van der Waals surface area contributed by atoms with E-state index in [0.29, 0.717) is 43.7 Å². The summed E-state index contributed by atoms with van der Waals surface area (Å²) >= 11 is 0. The maximum Gasteiger partial charge on any atom is 0.233 e. The summed E-state index contributed by atoms with van der Waals surface area (Å²) in [7, 11) is 3.31. The van der Waals surface area contributed by atoms with Gasteiger partial charge in [0.05, 0.1) is 25.6 Å². The van der Waals surface area contributed by atoms with Crippen LogP contribution in [0.1, 0.15) is 18.9 Å². The number of guanidine groups is 1. The van der Waals surface area contributed by atoms with Crippen LogP contribution < -0.4 is 20.1 Å². The Morgan fingerprint density at radius 1 is 1.13 bits per heavy atom. The van der Waals surface area contributed by atoms with E-state index < -0.39 is 0 Å². The predicted molar refractivity (Wildman–Crippen MR) is 117 cm³/mol. The number of hydrogen-bond acceptors (Lipinski definition) is 5. The zero-order valence-corrected chi connectivity index (χ0v) is 18.3. The molecule has 1 heterocycles. The molecule has 2 bridgehead atoms. The highest BCUT2D eigenvalue weighted by Gasteiger charge is 2.58. The molecule has 0 aromatic heterocycles. The Morgan fingerprint density at radius 2 is 1.84 bits per heavy atom. The van der Waals surface area contributed by atoms with Crippen molar-refractivity contribution in [3.05, 3.63) is 35.9 Å². The minimum absolute atomic E-state index is 0.0157. The van der Waals surface area contributed by atoms with Crippen molar-refractivity contribution < 1.29 is 19.1 Å². The summed E-state index contributed by atoms with van der Waals surface area (Å²) in [5, 5.41) is 6.44. The van der Waals surface area contributed by atoms with E-state index in [1.807, 2.05) is 25.1 Å². The molecule has 8 nitrogen and oxygen atoms in total. The van der Waals surface area contributed by atoms with E-state index in [-0.39, 0.29) is 35.5 Å². The fraction of sp³-hybridized carbons (Fsp3) is 0.522. The van der Waals surface area contributed by atoms with E-state index in [1.165, 1.54) is 4.90 Å². The van der Waals surface area contributed by atoms with Gasteiger partial charge in [0.2, 0.25) is 11.8 Å². The van der Waals surface area contributed by atoms with Gasteiger partial charge >= 0.3 is 0 Å². The molecule has 31 heavy (non-hydrogen) atoms. The zero-order valence-electron chi connectivity index (χ0n) is 18.3. The monoisotopic (exact) mass is 426 g/mol. The number of nitrogens with zero attached hydrogens (tertiary/aromatic N) is 2. The third kappa shape index (κ3) is 3.98. The third-order valence-electron chi connectivity index (χ3n) is 6.40. The number of ether oxygens (including phenoxy) is 2. The number of allylic oxidation sites excluding steroid dienone is 2. The number of carbonyl (C=O) groups is 2. The summed E-state index contributed by atoms with van der Waals surface area (Å²) in [5.74, 6) is 2.16. The molecule has 0 radical (unpaired) electrons. The van der Waals surface area contributed by atoms with Crippen molar-refractivity contribution in [2.24, 2.45) is 28.7 Å². The number of likely N-dealkylation sites (tertiary alicyclic amines) is 1. The van der Waals surface area contributed by atoms with E-state index in [9.17, 15) is 9.59 Å². The van der Waals surface area contributed by atoms with Gasteiger partial charge < -0.3 is 20.1 Å². The molecule has 4 unspecified atom stereocenters. The molecule has 2 N–H and O–H groups in total. The van der Waals surface area contributed by atoms with Gasteiger partial charge in [-0.05, 0) is 42.9 Å². The van der Waals surface area contributed by atoms with Gasteiger partial charge in [-0.1, -0.05) is 18.2 Å². The largest absolute Gasteiger partial charge is 0.493 e. The summed E-state index contributed by atoms with van der Waals surface area (Å²) in [6, 6.07) is 5.78. The van der Waals surface area contributed by atoms with Crippen LogP contribution in [-0.4, -0.2) is 56.5 Å². The van der Waals surface area contributed by atoms with Crippen LogP contribution in [0.2, 0.25) is 0 Å². The van der Waals surface area contributed by atoms with Gasteiger partial charge in [-0.3, -0.25) is 19.5 Å². The Bertz CT molecular complexity index is 883. The Morgan fingerprint density at radius 3 is 2.45 bits per heavy atom. The number of fused-ring (bicyclic) bond motifs is 5. The van der Waals surface area contributed by atoms with Crippen molar-refractivity contribution in [2.45, 2.75) is 19.9 Å². The van der Waals surface area contributed by atoms with Gasteiger partial charge in [0, 0.05) is 26.7 Å². The fourth-order valence-electron chi connectivity index (χ4n) is 4.97. The number of rotatable bonds is 8. The van der Waals surface area contributed by atoms with Crippen LogP contribution >= 0.6 is 0 Å². The zero-order chi connectivity index (χ0) is 22.0. The topological polar surface area (TPSA) is 92.3 Å². The van der Waals surface area contributed by atoms with Crippen molar-refractivity contribution in [3.63, 3.8) is 0 Å². The highest BCUT2D eigenvalue weighted by molar-refractivity contribution is 6.06. The highest BCUT2D eigenvalue weighted by Crippen LogP contribution is 2.52. The van der Waals surface area contributed by atoms with Gasteiger partial charge in [0.15, 0.2) is 17.5 Å². The molecule has 2 aliphatic carbocycles. The lowest BCUT2D eigenvalue weighted by atomic mass is 9.85. The van der Waals surface area contributed by atoms with E-state index in [4.69, 9.17) is 9.47 Å². The number of hydrogen-bond donors (Lipinski definition) is 2. The van der Waals surface area contributed by atoms with Gasteiger partial charge in [-0.2, -0.15) is 0 Å². The van der Waals surface area contributed by atoms with E-state index in [1.54, 1.807) is 14.2 Å². The molecular weight excluding hydrogens is 396 g/mol. The molecule has 1 saturated heterocycles. The average Bonchev–Trinajstić information content (AvgIpc) is 3.46. The Balaban J connectivity index is 1.27. The summed E-state index contributed by atoms with van der Waals surface area (Å²) in [6.45, 7) is 3.85. The van der Waals surface area contributed by atoms with Gasteiger partial charge in [0.25, 0.3) is 0 Å². The number of methoxy groups -OCH3 is 1. The van der Waals surface area contributed by atoms with Crippen LogP contribution in [0.5, 0.6) is 11.5 Å². The quantitative estimate of drug-likeness (QED) is 0.284. The highest BCUT2D eigenvalue weighted by atomic mass is 16.5. The van der Waals surface area contributed by atoms with Crippen molar-refractivity contribution >= 4 is 17.8 Å². The molecule has 1 saturated carbocycles. The molecule has 4 rings (SSSR count). The second-order valence-electron chi connectivity index (χ2n) is 8.10. The maximum absolute atomic E-state index is 12.8. The Labute approximate surface area is 182 Å². The van der Waals surface area contributed by atoms with Gasteiger partial charge in [-0.25, -0.2) is 0 Å². The van der Waals surface area contributed by atoms with Crippen LogP contribution in [0.15, 0.2) is 35.3 Å². The molecule has 166 valence electrons. The first-order chi connectivity index (χ1) is 15.1. The van der Waals surface area contributed by atoms with Crippen molar-refractivity contribution in [3.8, 4) is 11.5 Å². The van der Waals surface area contributed by atoms with Gasteiger partial charge in [0.1, 0.15) is 0 Å². The second-order valence-corrected chi connectivity index (χ2v) is 8.10. The molecule has 3 aliphatic rings. The van der Waals surface area contributed by atoms with E-state index in [2.05, 4.69) is 27.8 Å². The fourth-order valence-corrected chi connectivity index (χ4v) is 4.97. The van der Waals surface area contributed by atoms with E-state index in [0.717, 1.165) is 12.0 Å². The molecule has 4 atom stereocenters. The van der Waals surface area contributed by atoms with Crippen LogP contribution in [0.3, 0.4) is 0 Å². The molecule has 1 aliphatic heterocycles. The summed E-state index contributed by atoms with van der Waals surface area (Å²) in [5.41, 5.74) is 1.02. The number of imide groups is 1. The number of nitrogens with one attached hydrogen (secondary N) is 2. The molecule has 0 spiro atoms. The Hall–Kier alpha value is -3.03. The maximum atomic E-state index is 12.8. The first-order valence-corrected chi connectivity index (χ1v) is 10.8. The summed E-state index contributed by atoms with van der Waals surface area (Å²) in [6.07, 6.45) is 5.17. The minimum atomic E-state index is -0.144. The number of aliphatic imine (C=N–C) groups is 1. The summed E-state index contributed by atoms with van der Waals surface area (Å²) < 4.78 is 10.9. The van der Waals surface area contributed by atoms with Gasteiger partial charge in [-0.15, -0.1) is 0 Å². The van der Waals surface area contributed by atoms with Crippen molar-refractivity contribution in [1.82, 2.24) is 15.5 Å². The van der Waals surface area contributed by atoms with Crippen LogP contribution in [0.4, 0.5) is 0 Å². The SMILES string of the molecule is CCOc1ccc(CNC(=NC)NCCN2C(=O)C3C4C=CC(C4)C3C2=O)cc1OC. The van der Waals surface area contributed by atoms with Crippen LogP contribution in [-0.2, 0) is 16.1 Å². The van der Waals surface area contributed by atoms with Crippen molar-refractivity contribution in [2.75, 3.05) is 33.9 Å². The van der Waals surface area contributed by atoms with E-state index >= 15 is 0 Å². The van der Waals surface area contributed by atoms with Crippen LogP contribution in [0, 0.1) is 23.7 Å². The molecule has 8 heteroatoms. The number of carbonyl (C=O) groups excluding carboxylic acids is 2. The lowest BCUT2D eigenvalue weighted by Crippen LogP contribution is -2.43. The molecule has 2 amide bonds. The first-order valence-electron chi connectivity index (χ1n) is 10.8. The molecular formula is C23H30N4O4. The predicted octanol–water partition coefficient (Wildman–Crippen LogP) is 1.57. The average molecular weight is 427 g/mol. The lowest BCUT2D eigenvalue weighted by Gasteiger charge is -2.19. The third-order valence-corrected chi connectivity index (χ3v) is 6.40. The number of benzene rings is 1. The van der Waals surface area contributed by atoms with Crippen LogP contribution in [0.25, 0.3) is 0 Å². The first kappa shape index (κ1) is 21.2. The van der Waals surface area contributed by atoms with Crippen molar-refractivity contribution in [1.29, 1.82) is 0 Å². The lowest BCUT2D eigenvalue weighted by molar-refractivity contribution is -0.140. The standard InChI is InChI=1S/C23H30N4O4/c1-4-31-17-8-5-14(11-18(17)30-3)13-26-23(24-2)25-9-10-27-21(28)19-15-6-7-16(12-15)20(19)22(27)29/h5-8,11,15-16,19-20H,4,9-10,12-13H2,1-3H3,(H2,24,25,26). The molecule has 1 aromatic rings. The second kappa shape index (κ2) is 8.99.